The molecule has 1 aliphatic heterocycles. The van der Waals surface area contributed by atoms with Crippen molar-refractivity contribution in [2.45, 2.75) is 65.0 Å². The molecule has 1 atom stereocenters. The Morgan fingerprint density at radius 2 is 2.00 bits per heavy atom. The minimum atomic E-state index is -0.526. The SMILES string of the molecule is CCCCN(C)C(=O)[C@@H]1CCCN1C(=O)OC(C)(C)C. The van der Waals surface area contributed by atoms with Crippen LogP contribution in [-0.2, 0) is 9.53 Å². The maximum Gasteiger partial charge on any atom is 0.410 e. The largest absolute Gasteiger partial charge is 0.444 e. The first kappa shape index (κ1) is 16.8. The highest BCUT2D eigenvalue weighted by molar-refractivity contribution is 5.86. The van der Waals surface area contributed by atoms with Crippen LogP contribution in [0.4, 0.5) is 4.79 Å². The molecule has 5 nitrogen and oxygen atoms in total. The third kappa shape index (κ3) is 4.69. The quantitative estimate of drug-likeness (QED) is 0.797. The molecule has 1 rings (SSSR count). The summed E-state index contributed by atoms with van der Waals surface area (Å²) in [4.78, 5) is 27.9. The van der Waals surface area contributed by atoms with Gasteiger partial charge in [0.05, 0.1) is 0 Å². The summed E-state index contributed by atoms with van der Waals surface area (Å²) in [6.07, 6.45) is 3.25. The van der Waals surface area contributed by atoms with Crippen LogP contribution in [0.1, 0.15) is 53.4 Å². The van der Waals surface area contributed by atoms with Gasteiger partial charge in [0.15, 0.2) is 0 Å². The van der Waals surface area contributed by atoms with Crippen molar-refractivity contribution in [2.24, 2.45) is 0 Å². The van der Waals surface area contributed by atoms with Gasteiger partial charge in [-0.2, -0.15) is 0 Å². The number of carbonyl (C=O) groups excluding carboxylic acids is 2. The van der Waals surface area contributed by atoms with E-state index in [1.807, 2.05) is 27.8 Å². The molecule has 0 aromatic heterocycles. The molecule has 0 saturated carbocycles. The van der Waals surface area contributed by atoms with Gasteiger partial charge in [0, 0.05) is 20.1 Å². The van der Waals surface area contributed by atoms with Crippen molar-refractivity contribution in [2.75, 3.05) is 20.1 Å². The fraction of sp³-hybridized carbons (Fsp3) is 0.867. The molecule has 0 unspecified atom stereocenters. The number of unbranched alkanes of at least 4 members (excludes halogenated alkanes) is 1. The van der Waals surface area contributed by atoms with Gasteiger partial charge in [-0.15, -0.1) is 0 Å². The van der Waals surface area contributed by atoms with Crippen molar-refractivity contribution < 1.29 is 14.3 Å². The third-order valence-corrected chi connectivity index (χ3v) is 3.39. The molecule has 0 aromatic rings. The average Bonchev–Trinajstić information content (AvgIpc) is 2.82. The Morgan fingerprint density at radius 1 is 1.35 bits per heavy atom. The van der Waals surface area contributed by atoms with Crippen LogP contribution in [-0.4, -0.2) is 53.6 Å². The summed E-state index contributed by atoms with van der Waals surface area (Å²) in [5.41, 5.74) is -0.526. The summed E-state index contributed by atoms with van der Waals surface area (Å²) >= 11 is 0. The molecule has 1 fully saturated rings. The van der Waals surface area contributed by atoms with Gasteiger partial charge < -0.3 is 9.64 Å². The minimum Gasteiger partial charge on any atom is -0.444 e. The van der Waals surface area contributed by atoms with E-state index in [2.05, 4.69) is 6.92 Å². The van der Waals surface area contributed by atoms with E-state index in [0.717, 1.165) is 32.2 Å². The number of likely N-dealkylation sites (N-methyl/N-ethyl adjacent to an activating group) is 1. The Balaban J connectivity index is 2.64. The van der Waals surface area contributed by atoms with Crippen molar-refractivity contribution in [3.8, 4) is 0 Å². The Kier molecular flexibility index (Phi) is 5.84. The standard InChI is InChI=1S/C15H28N2O3/c1-6-7-10-16(5)13(18)12-9-8-11-17(12)14(19)20-15(2,3)4/h12H,6-11H2,1-5H3/t12-/m0/s1. The zero-order chi connectivity index (χ0) is 15.3. The highest BCUT2D eigenvalue weighted by atomic mass is 16.6. The van der Waals surface area contributed by atoms with Crippen LogP contribution >= 0.6 is 0 Å². The second-order valence-electron chi connectivity index (χ2n) is 6.45. The van der Waals surface area contributed by atoms with Gasteiger partial charge >= 0.3 is 6.09 Å². The van der Waals surface area contributed by atoms with Crippen molar-refractivity contribution in [3.63, 3.8) is 0 Å². The molecule has 0 aromatic carbocycles. The van der Waals surface area contributed by atoms with Gasteiger partial charge in [0.1, 0.15) is 11.6 Å². The topological polar surface area (TPSA) is 49.9 Å². The predicted molar refractivity (Wildman–Crippen MR) is 78.5 cm³/mol. The lowest BCUT2D eigenvalue weighted by Crippen LogP contribution is -2.48. The van der Waals surface area contributed by atoms with Crippen molar-refractivity contribution in [1.29, 1.82) is 0 Å². The van der Waals surface area contributed by atoms with Crippen molar-refractivity contribution >= 4 is 12.0 Å². The van der Waals surface area contributed by atoms with Gasteiger partial charge in [-0.1, -0.05) is 13.3 Å². The molecule has 1 saturated heterocycles. The number of hydrogen-bond donors (Lipinski definition) is 0. The van der Waals surface area contributed by atoms with Crippen LogP contribution in [0.15, 0.2) is 0 Å². The number of rotatable bonds is 4. The lowest BCUT2D eigenvalue weighted by Gasteiger charge is -2.30. The maximum atomic E-state index is 12.4. The summed E-state index contributed by atoms with van der Waals surface area (Å²) in [7, 11) is 1.81. The fourth-order valence-corrected chi connectivity index (χ4v) is 2.32. The highest BCUT2D eigenvalue weighted by Gasteiger charge is 2.37. The predicted octanol–water partition coefficient (Wildman–Crippen LogP) is 2.64. The number of amides is 2. The molecule has 1 aliphatic rings. The molecular weight excluding hydrogens is 256 g/mol. The zero-order valence-corrected chi connectivity index (χ0v) is 13.4. The Hall–Kier alpha value is -1.26. The second kappa shape index (κ2) is 6.95. The van der Waals surface area contributed by atoms with Crippen LogP contribution in [0.25, 0.3) is 0 Å². The number of hydrogen-bond acceptors (Lipinski definition) is 3. The van der Waals surface area contributed by atoms with Gasteiger partial charge in [-0.3, -0.25) is 9.69 Å². The number of likely N-dealkylation sites (tertiary alicyclic amines) is 1. The van der Waals surface area contributed by atoms with Gasteiger partial charge in [-0.05, 0) is 40.0 Å². The van der Waals surface area contributed by atoms with E-state index in [-0.39, 0.29) is 18.0 Å². The summed E-state index contributed by atoms with van der Waals surface area (Å²) in [5, 5.41) is 0. The van der Waals surface area contributed by atoms with Crippen LogP contribution < -0.4 is 0 Å². The van der Waals surface area contributed by atoms with Gasteiger partial charge in [-0.25, -0.2) is 4.79 Å². The van der Waals surface area contributed by atoms with E-state index in [0.29, 0.717) is 6.54 Å². The monoisotopic (exact) mass is 284 g/mol. The van der Waals surface area contributed by atoms with E-state index in [1.54, 1.807) is 9.80 Å². The molecule has 0 spiro atoms. The summed E-state index contributed by atoms with van der Waals surface area (Å²) < 4.78 is 5.38. The molecule has 116 valence electrons. The number of ether oxygens (including phenoxy) is 1. The molecule has 0 N–H and O–H groups in total. The third-order valence-electron chi connectivity index (χ3n) is 3.39. The Labute approximate surface area is 122 Å². The molecule has 20 heavy (non-hydrogen) atoms. The Bertz CT molecular complexity index is 350. The molecule has 5 heteroatoms. The average molecular weight is 284 g/mol. The lowest BCUT2D eigenvalue weighted by atomic mass is 10.2. The van der Waals surface area contributed by atoms with Crippen LogP contribution in [0.3, 0.4) is 0 Å². The van der Waals surface area contributed by atoms with Crippen LogP contribution in [0.5, 0.6) is 0 Å². The highest BCUT2D eigenvalue weighted by Crippen LogP contribution is 2.22. The van der Waals surface area contributed by atoms with E-state index in [9.17, 15) is 9.59 Å². The first-order valence-corrected chi connectivity index (χ1v) is 7.51. The van der Waals surface area contributed by atoms with E-state index in [4.69, 9.17) is 4.74 Å². The second-order valence-corrected chi connectivity index (χ2v) is 6.45. The molecule has 0 aliphatic carbocycles. The summed E-state index contributed by atoms with van der Waals surface area (Å²) in [6, 6.07) is -0.355. The summed E-state index contributed by atoms with van der Waals surface area (Å²) in [6.45, 7) is 8.96. The van der Waals surface area contributed by atoms with Crippen molar-refractivity contribution in [3.05, 3.63) is 0 Å². The summed E-state index contributed by atoms with van der Waals surface area (Å²) in [5.74, 6) is 0.0295. The smallest absolute Gasteiger partial charge is 0.410 e. The van der Waals surface area contributed by atoms with E-state index in [1.165, 1.54) is 0 Å². The fourth-order valence-electron chi connectivity index (χ4n) is 2.32. The van der Waals surface area contributed by atoms with E-state index >= 15 is 0 Å². The van der Waals surface area contributed by atoms with Crippen molar-refractivity contribution in [1.82, 2.24) is 9.80 Å². The first-order valence-electron chi connectivity index (χ1n) is 7.51. The minimum absolute atomic E-state index is 0.0295. The Morgan fingerprint density at radius 3 is 2.55 bits per heavy atom. The zero-order valence-electron chi connectivity index (χ0n) is 13.4. The molecule has 0 radical (unpaired) electrons. The van der Waals surface area contributed by atoms with Crippen LogP contribution in [0, 0.1) is 0 Å². The first-order chi connectivity index (χ1) is 9.26. The van der Waals surface area contributed by atoms with E-state index < -0.39 is 5.60 Å². The number of nitrogens with zero attached hydrogens (tertiary/aromatic N) is 2. The van der Waals surface area contributed by atoms with Gasteiger partial charge in [0.25, 0.3) is 0 Å². The number of carbonyl (C=O) groups is 2. The van der Waals surface area contributed by atoms with Gasteiger partial charge in [0.2, 0.25) is 5.91 Å². The normalized spacial score (nSPS) is 19.1. The molecule has 2 amide bonds. The molecule has 0 bridgehead atoms. The lowest BCUT2D eigenvalue weighted by molar-refractivity contribution is -0.134. The van der Waals surface area contributed by atoms with Crippen LogP contribution in [0.2, 0.25) is 0 Å². The molecule has 1 heterocycles. The molecular formula is C15H28N2O3. The maximum absolute atomic E-state index is 12.4.